The van der Waals surface area contributed by atoms with Gasteiger partial charge in [0.15, 0.2) is 11.8 Å². The molecule has 1 N–H and O–H groups in total. The van der Waals surface area contributed by atoms with Crippen LogP contribution in [0.1, 0.15) is 28.5 Å². The molecule has 8 heteroatoms. The summed E-state index contributed by atoms with van der Waals surface area (Å²) in [6.45, 7) is 3.87. The van der Waals surface area contributed by atoms with Gasteiger partial charge in [0.05, 0.1) is 25.5 Å². The Balaban J connectivity index is 1.60. The molecule has 0 spiro atoms. The highest BCUT2D eigenvalue weighted by atomic mass is 16.5. The predicted molar refractivity (Wildman–Crippen MR) is 107 cm³/mol. The second-order valence-corrected chi connectivity index (χ2v) is 6.53. The molecule has 0 aliphatic heterocycles. The molecule has 150 valence electrons. The summed E-state index contributed by atoms with van der Waals surface area (Å²) in [6.07, 6.45) is 0.468. The van der Waals surface area contributed by atoms with Gasteiger partial charge in [-0.25, -0.2) is 9.48 Å². The minimum atomic E-state index is -1.02. The van der Waals surface area contributed by atoms with Crippen LogP contribution in [-0.4, -0.2) is 40.1 Å². The van der Waals surface area contributed by atoms with E-state index < -0.39 is 18.0 Å². The van der Waals surface area contributed by atoms with E-state index >= 15 is 0 Å². The topological polar surface area (TPSA) is 95.3 Å². The average molecular weight is 394 g/mol. The van der Waals surface area contributed by atoms with Crippen LogP contribution in [0, 0.1) is 6.92 Å². The Kier molecular flexibility index (Phi) is 6.23. The molecule has 1 unspecified atom stereocenters. The van der Waals surface area contributed by atoms with Crippen molar-refractivity contribution in [3.05, 3.63) is 71.5 Å². The van der Waals surface area contributed by atoms with Gasteiger partial charge in [-0.3, -0.25) is 4.79 Å². The van der Waals surface area contributed by atoms with E-state index in [-0.39, 0.29) is 5.69 Å². The number of aryl methyl sites for hydroxylation is 1. The van der Waals surface area contributed by atoms with Gasteiger partial charge in [0.25, 0.3) is 5.91 Å². The third-order valence-electron chi connectivity index (χ3n) is 4.20. The lowest BCUT2D eigenvalue weighted by molar-refractivity contribution is -0.123. The van der Waals surface area contributed by atoms with Gasteiger partial charge in [0.2, 0.25) is 0 Å². The van der Waals surface area contributed by atoms with Gasteiger partial charge in [0.1, 0.15) is 5.75 Å². The van der Waals surface area contributed by atoms with Crippen LogP contribution in [0.3, 0.4) is 0 Å². The molecule has 1 aromatic heterocycles. The largest absolute Gasteiger partial charge is 0.495 e. The molecule has 29 heavy (non-hydrogen) atoms. The Hall–Kier alpha value is -3.68. The normalized spacial score (nSPS) is 11.6. The van der Waals surface area contributed by atoms with Crippen molar-refractivity contribution in [2.24, 2.45) is 0 Å². The molecule has 0 saturated heterocycles. The fourth-order valence-electron chi connectivity index (χ4n) is 2.67. The molecule has 0 radical (unpaired) electrons. The van der Waals surface area contributed by atoms with Gasteiger partial charge in [-0.15, -0.1) is 5.10 Å². The lowest BCUT2D eigenvalue weighted by Gasteiger charge is -2.15. The number of nitrogens with zero attached hydrogens (tertiary/aromatic N) is 3. The van der Waals surface area contributed by atoms with E-state index in [9.17, 15) is 9.59 Å². The number of aromatic nitrogens is 3. The maximum atomic E-state index is 12.4. The second kappa shape index (κ2) is 9.01. The minimum absolute atomic E-state index is 0.0358. The van der Waals surface area contributed by atoms with E-state index in [2.05, 4.69) is 15.6 Å². The van der Waals surface area contributed by atoms with Gasteiger partial charge in [-0.1, -0.05) is 41.6 Å². The average Bonchev–Trinajstić information content (AvgIpc) is 3.17. The predicted octanol–water partition coefficient (Wildman–Crippen LogP) is 2.83. The number of amides is 1. The van der Waals surface area contributed by atoms with E-state index in [1.807, 2.05) is 43.3 Å². The number of hydrogen-bond donors (Lipinski definition) is 1. The molecule has 1 heterocycles. The molecular weight excluding hydrogens is 372 g/mol. The summed E-state index contributed by atoms with van der Waals surface area (Å²) >= 11 is 0. The minimum Gasteiger partial charge on any atom is -0.495 e. The highest BCUT2D eigenvalue weighted by molar-refractivity contribution is 5.97. The smallest absolute Gasteiger partial charge is 0.361 e. The zero-order valence-corrected chi connectivity index (χ0v) is 16.5. The third-order valence-corrected chi connectivity index (χ3v) is 4.20. The van der Waals surface area contributed by atoms with Crippen molar-refractivity contribution in [1.82, 2.24) is 15.0 Å². The standard InChI is InChI=1S/C21H22N4O4/c1-14-9-10-19(28-3)17(11-14)22-20(26)15(2)29-21(27)18-13-25(24-23-18)12-16-7-5-4-6-8-16/h4-11,13,15H,12H2,1-3H3,(H,22,26). The number of anilines is 1. The van der Waals surface area contributed by atoms with Gasteiger partial charge in [-0.05, 0) is 37.1 Å². The van der Waals surface area contributed by atoms with Crippen LogP contribution in [0.4, 0.5) is 5.69 Å². The Morgan fingerprint density at radius 2 is 1.93 bits per heavy atom. The fraction of sp³-hybridized carbons (Fsp3) is 0.238. The Morgan fingerprint density at radius 3 is 2.66 bits per heavy atom. The SMILES string of the molecule is COc1ccc(C)cc1NC(=O)C(C)OC(=O)c1cn(Cc2ccccc2)nn1. The summed E-state index contributed by atoms with van der Waals surface area (Å²) < 4.78 is 12.0. The first kappa shape index (κ1) is 20.1. The first-order valence-corrected chi connectivity index (χ1v) is 9.07. The summed E-state index contributed by atoms with van der Waals surface area (Å²) in [5.41, 5.74) is 2.53. The van der Waals surface area contributed by atoms with Crippen molar-refractivity contribution in [1.29, 1.82) is 0 Å². The summed E-state index contributed by atoms with van der Waals surface area (Å²) in [5.74, 6) is -0.673. The number of carbonyl (C=O) groups is 2. The van der Waals surface area contributed by atoms with Crippen LogP contribution in [0.5, 0.6) is 5.75 Å². The lowest BCUT2D eigenvalue weighted by atomic mass is 10.2. The molecule has 0 bridgehead atoms. The summed E-state index contributed by atoms with van der Waals surface area (Å²) in [6, 6.07) is 15.1. The fourth-order valence-corrected chi connectivity index (χ4v) is 2.67. The molecule has 0 aliphatic rings. The van der Waals surface area contributed by atoms with Gasteiger partial charge >= 0.3 is 5.97 Å². The number of carbonyl (C=O) groups excluding carboxylic acids is 2. The molecule has 2 aromatic carbocycles. The number of esters is 1. The first-order valence-electron chi connectivity index (χ1n) is 9.07. The monoisotopic (exact) mass is 394 g/mol. The Bertz CT molecular complexity index is 1000. The van der Waals surface area contributed by atoms with Crippen LogP contribution in [0.25, 0.3) is 0 Å². The highest BCUT2D eigenvalue weighted by Crippen LogP contribution is 2.25. The van der Waals surface area contributed by atoms with Crippen LogP contribution in [-0.2, 0) is 16.1 Å². The maximum absolute atomic E-state index is 12.4. The van der Waals surface area contributed by atoms with Crippen molar-refractivity contribution in [2.75, 3.05) is 12.4 Å². The van der Waals surface area contributed by atoms with Crippen LogP contribution in [0.15, 0.2) is 54.7 Å². The van der Waals surface area contributed by atoms with Crippen LogP contribution >= 0.6 is 0 Å². The van der Waals surface area contributed by atoms with Crippen molar-refractivity contribution < 1.29 is 19.1 Å². The zero-order valence-electron chi connectivity index (χ0n) is 16.5. The first-order chi connectivity index (χ1) is 14.0. The zero-order chi connectivity index (χ0) is 20.8. The number of benzene rings is 2. The quantitative estimate of drug-likeness (QED) is 0.619. The van der Waals surface area contributed by atoms with E-state index in [0.717, 1.165) is 11.1 Å². The molecule has 3 aromatic rings. The highest BCUT2D eigenvalue weighted by Gasteiger charge is 2.22. The van der Waals surface area contributed by atoms with Crippen molar-refractivity contribution in [2.45, 2.75) is 26.5 Å². The second-order valence-electron chi connectivity index (χ2n) is 6.53. The summed E-state index contributed by atoms with van der Waals surface area (Å²) in [5, 5.41) is 10.5. The van der Waals surface area contributed by atoms with Gasteiger partial charge in [0, 0.05) is 0 Å². The molecule has 0 fully saturated rings. The molecule has 0 saturated carbocycles. The number of hydrogen-bond acceptors (Lipinski definition) is 6. The van der Waals surface area contributed by atoms with Crippen LogP contribution < -0.4 is 10.1 Å². The number of ether oxygens (including phenoxy) is 2. The summed E-state index contributed by atoms with van der Waals surface area (Å²) in [4.78, 5) is 24.7. The molecule has 1 amide bonds. The van der Waals surface area contributed by atoms with Crippen molar-refractivity contribution >= 4 is 17.6 Å². The summed E-state index contributed by atoms with van der Waals surface area (Å²) in [7, 11) is 1.52. The van der Waals surface area contributed by atoms with Gasteiger partial charge < -0.3 is 14.8 Å². The van der Waals surface area contributed by atoms with Crippen molar-refractivity contribution in [3.63, 3.8) is 0 Å². The molecule has 0 aliphatic carbocycles. The Labute approximate surface area is 168 Å². The number of rotatable bonds is 7. The lowest BCUT2D eigenvalue weighted by Crippen LogP contribution is -2.30. The van der Waals surface area contributed by atoms with Crippen molar-refractivity contribution in [3.8, 4) is 5.75 Å². The molecule has 8 nitrogen and oxygen atoms in total. The van der Waals surface area contributed by atoms with E-state index in [0.29, 0.717) is 18.0 Å². The molecule has 1 atom stereocenters. The van der Waals surface area contributed by atoms with E-state index in [1.54, 1.807) is 12.1 Å². The number of methoxy groups -OCH3 is 1. The van der Waals surface area contributed by atoms with Gasteiger partial charge in [-0.2, -0.15) is 0 Å². The maximum Gasteiger partial charge on any atom is 0.361 e. The van der Waals surface area contributed by atoms with E-state index in [4.69, 9.17) is 9.47 Å². The van der Waals surface area contributed by atoms with E-state index in [1.165, 1.54) is 24.9 Å². The molecule has 3 rings (SSSR count). The third kappa shape index (κ3) is 5.19. The van der Waals surface area contributed by atoms with Crippen LogP contribution in [0.2, 0.25) is 0 Å². The molecular formula is C21H22N4O4. The Morgan fingerprint density at radius 1 is 1.17 bits per heavy atom. The number of nitrogens with one attached hydrogen (secondary N) is 1.